The van der Waals surface area contributed by atoms with Crippen LogP contribution in [0.3, 0.4) is 0 Å². The van der Waals surface area contributed by atoms with Crippen LogP contribution in [0.5, 0.6) is 0 Å². The monoisotopic (exact) mass is 212 g/mol. The number of alkyl halides is 2. The van der Waals surface area contributed by atoms with E-state index in [-0.39, 0.29) is 0 Å². The summed E-state index contributed by atoms with van der Waals surface area (Å²) in [6.07, 6.45) is 2.63. The van der Waals surface area contributed by atoms with Crippen LogP contribution in [0.1, 0.15) is 12.8 Å². The Kier molecular flexibility index (Phi) is 2.38. The Morgan fingerprint density at radius 1 is 1.29 bits per heavy atom. The first-order chi connectivity index (χ1) is 3.39. The second kappa shape index (κ2) is 2.87. The molecular formula is C5H11IN-. The molecule has 1 rings (SSSR count). The van der Waals surface area contributed by atoms with E-state index in [1.54, 1.807) is 0 Å². The van der Waals surface area contributed by atoms with Crippen LogP contribution in [-0.2, 0) is 0 Å². The molecule has 0 radical (unpaired) electrons. The Labute approximate surface area is 54.9 Å². The molecule has 0 spiro atoms. The molecule has 1 aliphatic heterocycles. The standard InChI is InChI=1S/C5H11IN/c7-5-1-3-6-4-2-5/h5H,1-4,7H2/q-1. The summed E-state index contributed by atoms with van der Waals surface area (Å²) in [5.74, 6) is 0. The first kappa shape index (κ1) is 5.82. The summed E-state index contributed by atoms with van der Waals surface area (Å²) in [4.78, 5) is 0. The zero-order valence-electron chi connectivity index (χ0n) is 4.36. The van der Waals surface area contributed by atoms with Crippen LogP contribution >= 0.6 is 0 Å². The van der Waals surface area contributed by atoms with E-state index in [4.69, 9.17) is 5.73 Å². The van der Waals surface area contributed by atoms with E-state index in [0.29, 0.717) is 27.2 Å². The zero-order chi connectivity index (χ0) is 5.11. The van der Waals surface area contributed by atoms with E-state index in [9.17, 15) is 0 Å². The quantitative estimate of drug-likeness (QED) is 0.340. The van der Waals surface area contributed by atoms with Crippen molar-refractivity contribution in [3.8, 4) is 0 Å². The van der Waals surface area contributed by atoms with E-state index < -0.39 is 0 Å². The number of halogens is 1. The number of nitrogens with two attached hydrogens (primary N) is 1. The fraction of sp³-hybridized carbons (Fsp3) is 1.00. The van der Waals surface area contributed by atoms with Gasteiger partial charge in [0.15, 0.2) is 0 Å². The zero-order valence-corrected chi connectivity index (χ0v) is 6.52. The molecule has 0 unspecified atom stereocenters. The molecule has 0 atom stereocenters. The Bertz CT molecular complexity index is 50.0. The number of hydrogen-bond acceptors (Lipinski definition) is 1. The normalized spacial score (nSPS) is 26.4. The van der Waals surface area contributed by atoms with Crippen LogP contribution in [0, 0.1) is 0 Å². The molecule has 1 nitrogen and oxygen atoms in total. The Morgan fingerprint density at radius 2 is 1.86 bits per heavy atom. The molecular weight excluding hydrogens is 201 g/mol. The average Bonchev–Trinajstić information content (AvgIpc) is 1.69. The number of hydrogen-bond donors (Lipinski definition) is 1. The van der Waals surface area contributed by atoms with Crippen LogP contribution in [0.25, 0.3) is 0 Å². The van der Waals surface area contributed by atoms with Crippen molar-refractivity contribution >= 4 is 0 Å². The van der Waals surface area contributed by atoms with E-state index in [2.05, 4.69) is 0 Å². The Balaban J connectivity index is 2.12. The van der Waals surface area contributed by atoms with Gasteiger partial charge in [-0.25, -0.2) is 0 Å². The van der Waals surface area contributed by atoms with Crippen molar-refractivity contribution < 1.29 is 21.2 Å². The van der Waals surface area contributed by atoms with Gasteiger partial charge in [0.25, 0.3) is 0 Å². The fourth-order valence-electron chi connectivity index (χ4n) is 0.673. The third kappa shape index (κ3) is 1.95. The fourth-order valence-corrected chi connectivity index (χ4v) is 3.69. The second-order valence-corrected chi connectivity index (χ2v) is 5.14. The van der Waals surface area contributed by atoms with Gasteiger partial charge < -0.3 is 0 Å². The van der Waals surface area contributed by atoms with E-state index >= 15 is 0 Å². The third-order valence-corrected chi connectivity index (χ3v) is 4.00. The summed E-state index contributed by atoms with van der Waals surface area (Å²) in [6, 6.07) is 0.563. The minimum absolute atomic E-state index is 0.563. The van der Waals surface area contributed by atoms with Gasteiger partial charge >= 0.3 is 54.7 Å². The Morgan fingerprint density at radius 3 is 2.14 bits per heavy atom. The van der Waals surface area contributed by atoms with Crippen molar-refractivity contribution in [2.24, 2.45) is 5.73 Å². The van der Waals surface area contributed by atoms with Crippen LogP contribution < -0.4 is 26.9 Å². The molecule has 0 saturated carbocycles. The molecule has 1 saturated heterocycles. The van der Waals surface area contributed by atoms with Gasteiger partial charge in [0.2, 0.25) is 0 Å². The van der Waals surface area contributed by atoms with Gasteiger partial charge in [-0.15, -0.1) is 0 Å². The van der Waals surface area contributed by atoms with Crippen molar-refractivity contribution in [2.75, 3.05) is 8.86 Å². The van der Waals surface area contributed by atoms with E-state index in [1.807, 2.05) is 0 Å². The van der Waals surface area contributed by atoms with Gasteiger partial charge in [-0.2, -0.15) is 0 Å². The molecule has 2 heteroatoms. The molecule has 1 aliphatic rings. The molecule has 7 heavy (non-hydrogen) atoms. The first-order valence-corrected chi connectivity index (χ1v) is 5.74. The topological polar surface area (TPSA) is 26.0 Å². The predicted octanol–water partition coefficient (Wildman–Crippen LogP) is -2.80. The van der Waals surface area contributed by atoms with Gasteiger partial charge in [0.1, 0.15) is 0 Å². The van der Waals surface area contributed by atoms with E-state index in [0.717, 1.165) is 0 Å². The minimum atomic E-state index is 0.563. The van der Waals surface area contributed by atoms with Gasteiger partial charge in [0.05, 0.1) is 0 Å². The van der Waals surface area contributed by atoms with Gasteiger partial charge in [0, 0.05) is 0 Å². The molecule has 1 fully saturated rings. The SMILES string of the molecule is NC1CC[I-]CC1. The van der Waals surface area contributed by atoms with Crippen molar-refractivity contribution in [1.82, 2.24) is 0 Å². The third-order valence-electron chi connectivity index (χ3n) is 1.23. The van der Waals surface area contributed by atoms with Gasteiger partial charge in [-0.1, -0.05) is 0 Å². The van der Waals surface area contributed by atoms with Crippen LogP contribution in [0.2, 0.25) is 0 Å². The summed E-state index contributed by atoms with van der Waals surface area (Å²) in [5.41, 5.74) is 5.65. The molecule has 0 aromatic carbocycles. The average molecular weight is 212 g/mol. The summed E-state index contributed by atoms with van der Waals surface area (Å²) in [6.45, 7) is 0. The molecule has 2 N–H and O–H groups in total. The maximum absolute atomic E-state index is 5.65. The summed E-state index contributed by atoms with van der Waals surface area (Å²) in [7, 11) is 0. The molecule has 0 aliphatic carbocycles. The molecule has 1 heterocycles. The molecule has 0 aromatic heterocycles. The second-order valence-electron chi connectivity index (χ2n) is 1.90. The number of rotatable bonds is 0. The van der Waals surface area contributed by atoms with Crippen LogP contribution in [0.15, 0.2) is 0 Å². The predicted molar refractivity (Wildman–Crippen MR) is 26.9 cm³/mol. The first-order valence-electron chi connectivity index (χ1n) is 2.68. The molecule has 0 amide bonds. The van der Waals surface area contributed by atoms with Gasteiger partial charge in [-0.05, 0) is 0 Å². The van der Waals surface area contributed by atoms with Crippen molar-refractivity contribution in [2.45, 2.75) is 18.9 Å². The van der Waals surface area contributed by atoms with Crippen molar-refractivity contribution in [3.05, 3.63) is 0 Å². The maximum atomic E-state index is 5.65. The molecule has 0 bridgehead atoms. The van der Waals surface area contributed by atoms with Crippen molar-refractivity contribution in [3.63, 3.8) is 0 Å². The summed E-state index contributed by atoms with van der Waals surface area (Å²) in [5, 5.41) is 0. The van der Waals surface area contributed by atoms with E-state index in [1.165, 1.54) is 21.7 Å². The molecule has 44 valence electrons. The molecule has 0 aromatic rings. The van der Waals surface area contributed by atoms with Crippen molar-refractivity contribution in [1.29, 1.82) is 0 Å². The summed E-state index contributed by atoms with van der Waals surface area (Å²) >= 11 is 0.608. The summed E-state index contributed by atoms with van der Waals surface area (Å²) < 4.78 is 2.94. The Hall–Kier alpha value is 0.690. The van der Waals surface area contributed by atoms with Crippen LogP contribution in [0.4, 0.5) is 0 Å². The van der Waals surface area contributed by atoms with Crippen LogP contribution in [-0.4, -0.2) is 14.9 Å². The van der Waals surface area contributed by atoms with Gasteiger partial charge in [-0.3, -0.25) is 0 Å².